The number of rotatable bonds is 4. The monoisotopic (exact) mass is 538 g/mol. The zero-order valence-electron chi connectivity index (χ0n) is 18.5. The maximum atomic E-state index is 14.5. The summed E-state index contributed by atoms with van der Waals surface area (Å²) < 4.78 is 64.4. The van der Waals surface area contributed by atoms with Crippen LogP contribution < -0.4 is 0 Å². The van der Waals surface area contributed by atoms with Gasteiger partial charge in [-0.25, -0.2) is 17.6 Å². The molecule has 0 atom stereocenters. The Labute approximate surface area is 215 Å². The third kappa shape index (κ3) is 3.93. The van der Waals surface area contributed by atoms with Crippen molar-refractivity contribution in [3.63, 3.8) is 0 Å². The van der Waals surface area contributed by atoms with Gasteiger partial charge >= 0.3 is 0 Å². The zero-order chi connectivity index (χ0) is 25.0. The largest absolute Gasteiger partial charge is 0.206 e. The summed E-state index contributed by atoms with van der Waals surface area (Å²) in [5.74, 6) is -4.19. The lowest BCUT2D eigenvalue weighted by molar-refractivity contribution is 0.448. The molecule has 0 bridgehead atoms. The molecule has 0 saturated heterocycles. The molecule has 0 N–H and O–H groups in total. The average Bonchev–Trinajstić information content (AvgIpc) is 3.62. The van der Waals surface area contributed by atoms with Crippen molar-refractivity contribution in [2.24, 2.45) is 0 Å². The predicted molar refractivity (Wildman–Crippen MR) is 139 cm³/mol. The highest BCUT2D eigenvalue weighted by molar-refractivity contribution is 7.19. The van der Waals surface area contributed by atoms with Gasteiger partial charge in [-0.05, 0) is 60.5 Å². The number of aromatic nitrogens is 2. The molecule has 0 aliphatic heterocycles. The summed E-state index contributed by atoms with van der Waals surface area (Å²) in [5, 5.41) is 0. The number of thiophene rings is 2. The van der Waals surface area contributed by atoms with Crippen LogP contribution in [-0.4, -0.2) is 8.75 Å². The highest BCUT2D eigenvalue weighted by atomic mass is 32.1. The van der Waals surface area contributed by atoms with Gasteiger partial charge in [0.15, 0.2) is 17.5 Å². The van der Waals surface area contributed by atoms with E-state index in [9.17, 15) is 17.6 Å². The first-order valence-electron chi connectivity index (χ1n) is 10.8. The number of hydrogen-bond acceptors (Lipinski definition) is 5. The Morgan fingerprint density at radius 2 is 1.06 bits per heavy atom. The predicted octanol–water partition coefficient (Wildman–Crippen LogP) is 9.35. The molecule has 9 heteroatoms. The van der Waals surface area contributed by atoms with Crippen LogP contribution in [0.25, 0.3) is 52.8 Å². The van der Waals surface area contributed by atoms with Gasteiger partial charge in [0.25, 0.3) is 0 Å². The van der Waals surface area contributed by atoms with Gasteiger partial charge < -0.3 is 0 Å². The molecule has 0 amide bonds. The Morgan fingerprint density at radius 3 is 1.64 bits per heavy atom. The molecular formula is C27H14F4N2S3. The Kier molecular flexibility index (Phi) is 5.70. The summed E-state index contributed by atoms with van der Waals surface area (Å²) in [6, 6.07) is 18.5. The third-order valence-electron chi connectivity index (χ3n) is 5.82. The van der Waals surface area contributed by atoms with E-state index in [4.69, 9.17) is 0 Å². The highest BCUT2D eigenvalue weighted by Crippen LogP contribution is 2.43. The van der Waals surface area contributed by atoms with Gasteiger partial charge in [-0.2, -0.15) is 8.75 Å². The van der Waals surface area contributed by atoms with E-state index in [1.165, 1.54) is 28.7 Å². The Bertz CT molecular complexity index is 1740. The first-order valence-corrected chi connectivity index (χ1v) is 13.1. The van der Waals surface area contributed by atoms with Crippen LogP contribution in [0.15, 0.2) is 66.7 Å². The minimum Gasteiger partial charge on any atom is -0.206 e. The van der Waals surface area contributed by atoms with Gasteiger partial charge in [0.2, 0.25) is 0 Å². The van der Waals surface area contributed by atoms with E-state index >= 15 is 0 Å². The molecule has 3 aromatic heterocycles. The van der Waals surface area contributed by atoms with Crippen LogP contribution in [0.1, 0.15) is 5.56 Å². The van der Waals surface area contributed by atoms with Crippen molar-refractivity contribution >= 4 is 45.4 Å². The van der Waals surface area contributed by atoms with Crippen LogP contribution >= 0.6 is 34.4 Å². The summed E-state index contributed by atoms with van der Waals surface area (Å²) in [7, 11) is 0. The zero-order valence-corrected chi connectivity index (χ0v) is 20.9. The molecule has 0 aliphatic rings. The molecule has 6 rings (SSSR count). The minimum atomic E-state index is -1.48. The van der Waals surface area contributed by atoms with E-state index in [0.29, 0.717) is 16.0 Å². The lowest BCUT2D eigenvalue weighted by Gasteiger charge is -2.04. The first-order chi connectivity index (χ1) is 17.4. The van der Waals surface area contributed by atoms with Crippen molar-refractivity contribution < 1.29 is 17.6 Å². The van der Waals surface area contributed by atoms with Crippen LogP contribution in [0.5, 0.6) is 0 Å². The summed E-state index contributed by atoms with van der Waals surface area (Å²) in [5.41, 5.74) is 4.85. The number of aryl methyl sites for hydroxylation is 1. The minimum absolute atomic E-state index is 0.256. The SMILES string of the molecule is Cc1ccc(-c2ccc(-c3ccc(-c4ccc(-c5cc(F)c(F)c(F)c5)s4)c4nsnc34)s2)c(F)c1. The van der Waals surface area contributed by atoms with E-state index in [-0.39, 0.29) is 11.4 Å². The molecule has 0 unspecified atom stereocenters. The molecule has 0 fully saturated rings. The molecule has 0 spiro atoms. The fourth-order valence-corrected chi connectivity index (χ4v) is 6.70. The maximum Gasteiger partial charge on any atom is 0.194 e. The summed E-state index contributed by atoms with van der Waals surface area (Å²) in [4.78, 5) is 3.21. The van der Waals surface area contributed by atoms with Gasteiger partial charge in [0.1, 0.15) is 16.9 Å². The van der Waals surface area contributed by atoms with Crippen LogP contribution in [-0.2, 0) is 0 Å². The fraction of sp³-hybridized carbons (Fsp3) is 0.0370. The van der Waals surface area contributed by atoms with Crippen LogP contribution in [0, 0.1) is 30.2 Å². The topological polar surface area (TPSA) is 25.8 Å². The third-order valence-corrected chi connectivity index (χ3v) is 8.66. The van der Waals surface area contributed by atoms with Gasteiger partial charge in [-0.1, -0.05) is 24.3 Å². The maximum absolute atomic E-state index is 14.5. The van der Waals surface area contributed by atoms with Gasteiger partial charge in [0, 0.05) is 36.2 Å². The molecule has 36 heavy (non-hydrogen) atoms. The number of nitrogens with zero attached hydrogens (tertiary/aromatic N) is 2. The first kappa shape index (κ1) is 23.0. The fourth-order valence-electron chi connectivity index (χ4n) is 4.05. The van der Waals surface area contributed by atoms with Crippen LogP contribution in [0.3, 0.4) is 0 Å². The van der Waals surface area contributed by atoms with Crippen molar-refractivity contribution in [2.75, 3.05) is 0 Å². The normalized spacial score (nSPS) is 11.5. The molecule has 3 heterocycles. The van der Waals surface area contributed by atoms with E-state index in [0.717, 1.165) is 60.7 Å². The second kappa shape index (κ2) is 8.92. The lowest BCUT2D eigenvalue weighted by Crippen LogP contribution is -1.90. The van der Waals surface area contributed by atoms with Gasteiger partial charge in [-0.15, -0.1) is 22.7 Å². The number of halogens is 4. The van der Waals surface area contributed by atoms with Gasteiger partial charge in [-0.3, -0.25) is 0 Å². The van der Waals surface area contributed by atoms with Crippen molar-refractivity contribution in [3.8, 4) is 41.8 Å². The number of hydrogen-bond donors (Lipinski definition) is 0. The molecule has 178 valence electrons. The quantitative estimate of drug-likeness (QED) is 0.165. The molecule has 2 nitrogen and oxygen atoms in total. The molecule has 0 saturated carbocycles. The van der Waals surface area contributed by atoms with E-state index in [2.05, 4.69) is 8.75 Å². The molecule has 0 aliphatic carbocycles. The van der Waals surface area contributed by atoms with Crippen LogP contribution in [0.4, 0.5) is 17.6 Å². The molecular weight excluding hydrogens is 525 g/mol. The van der Waals surface area contributed by atoms with Crippen LogP contribution in [0.2, 0.25) is 0 Å². The standard InChI is InChI=1S/C27H14F4N2S3/c1-13-2-3-15(18(28)10-13)22-8-9-24(35-22)17-5-4-16(26-27(17)33-36-32-26)23-7-6-21(34-23)14-11-19(29)25(31)20(30)12-14/h2-12H,1H3. The van der Waals surface area contributed by atoms with Crippen molar-refractivity contribution in [1.29, 1.82) is 0 Å². The molecule has 0 radical (unpaired) electrons. The number of fused-ring (bicyclic) bond motifs is 1. The Hall–Kier alpha value is -3.40. The number of benzene rings is 3. The highest BCUT2D eigenvalue weighted by Gasteiger charge is 2.18. The second-order valence-corrected chi connectivity index (χ2v) is 10.9. The molecule has 6 aromatic rings. The van der Waals surface area contributed by atoms with Gasteiger partial charge in [0.05, 0.1) is 11.7 Å². The van der Waals surface area contributed by atoms with Crippen molar-refractivity contribution in [2.45, 2.75) is 6.92 Å². The lowest BCUT2D eigenvalue weighted by atomic mass is 10.1. The van der Waals surface area contributed by atoms with E-state index in [1.807, 2.05) is 43.3 Å². The summed E-state index contributed by atoms with van der Waals surface area (Å²) in [6.45, 7) is 1.85. The summed E-state index contributed by atoms with van der Waals surface area (Å²) >= 11 is 3.91. The van der Waals surface area contributed by atoms with E-state index in [1.54, 1.807) is 12.1 Å². The van der Waals surface area contributed by atoms with Crippen molar-refractivity contribution in [1.82, 2.24) is 8.75 Å². The summed E-state index contributed by atoms with van der Waals surface area (Å²) in [6.07, 6.45) is 0. The molecule has 3 aromatic carbocycles. The Morgan fingerprint density at radius 1 is 0.556 bits per heavy atom. The van der Waals surface area contributed by atoms with E-state index < -0.39 is 17.5 Å². The average molecular weight is 539 g/mol. The van der Waals surface area contributed by atoms with Crippen molar-refractivity contribution in [3.05, 3.63) is 95.6 Å². The smallest absolute Gasteiger partial charge is 0.194 e. The Balaban J connectivity index is 1.39. The second-order valence-electron chi connectivity index (χ2n) is 8.19.